The maximum atomic E-state index is 12.9. The molecular formula is C16H24BrN3O5S. The van der Waals surface area contributed by atoms with Crippen molar-refractivity contribution in [3.05, 3.63) is 22.3 Å². The van der Waals surface area contributed by atoms with E-state index in [4.69, 9.17) is 4.74 Å². The van der Waals surface area contributed by atoms with Gasteiger partial charge in [0.25, 0.3) is 5.91 Å². The molecule has 1 amide bonds. The molecule has 10 heteroatoms. The Balaban J connectivity index is 2.45. The monoisotopic (exact) mass is 449 g/mol. The first-order valence-electron chi connectivity index (χ1n) is 8.20. The SMILES string of the molecule is C[C@@H]1CN([C@@H](C)CO)C(=O)c2cc(Br)cnc2O[C@@H]1CN(C)S(C)(=O)=O. The molecule has 26 heavy (non-hydrogen) atoms. The Morgan fingerprint density at radius 1 is 1.54 bits per heavy atom. The summed E-state index contributed by atoms with van der Waals surface area (Å²) in [7, 11) is -1.89. The van der Waals surface area contributed by atoms with Crippen LogP contribution >= 0.6 is 15.9 Å². The first-order chi connectivity index (χ1) is 12.0. The first-order valence-corrected chi connectivity index (χ1v) is 10.8. The maximum absolute atomic E-state index is 12.9. The highest BCUT2D eigenvalue weighted by Crippen LogP contribution is 2.28. The van der Waals surface area contributed by atoms with E-state index in [0.717, 1.165) is 6.26 Å². The number of carbonyl (C=O) groups excluding carboxylic acids is 1. The lowest BCUT2D eigenvalue weighted by Gasteiger charge is -2.37. The van der Waals surface area contributed by atoms with Gasteiger partial charge in [0.05, 0.1) is 25.4 Å². The molecule has 0 saturated carbocycles. The number of aliphatic hydroxyl groups excluding tert-OH is 1. The number of aromatic nitrogens is 1. The van der Waals surface area contributed by atoms with E-state index in [9.17, 15) is 18.3 Å². The van der Waals surface area contributed by atoms with Crippen molar-refractivity contribution >= 4 is 31.9 Å². The van der Waals surface area contributed by atoms with Gasteiger partial charge in [0.1, 0.15) is 11.7 Å². The van der Waals surface area contributed by atoms with Crippen LogP contribution in [0.25, 0.3) is 0 Å². The minimum Gasteiger partial charge on any atom is -0.472 e. The van der Waals surface area contributed by atoms with E-state index in [1.807, 2.05) is 6.92 Å². The van der Waals surface area contributed by atoms with Crippen molar-refractivity contribution < 1.29 is 23.1 Å². The third kappa shape index (κ3) is 4.73. The molecule has 0 spiro atoms. The fraction of sp³-hybridized carbons (Fsp3) is 0.625. The molecule has 0 saturated heterocycles. The number of hydrogen-bond donors (Lipinski definition) is 1. The molecule has 0 bridgehead atoms. The Hall–Kier alpha value is -1.23. The minimum atomic E-state index is -3.37. The molecule has 8 nitrogen and oxygen atoms in total. The third-order valence-corrected chi connectivity index (χ3v) is 6.21. The molecule has 1 aliphatic rings. The van der Waals surface area contributed by atoms with Gasteiger partial charge in [-0.15, -0.1) is 0 Å². The van der Waals surface area contributed by atoms with Gasteiger partial charge in [0.15, 0.2) is 0 Å². The number of rotatable bonds is 5. The van der Waals surface area contributed by atoms with Crippen LogP contribution in [0.15, 0.2) is 16.7 Å². The molecule has 0 radical (unpaired) electrons. The maximum Gasteiger partial charge on any atom is 0.259 e. The summed E-state index contributed by atoms with van der Waals surface area (Å²) in [5, 5.41) is 9.54. The van der Waals surface area contributed by atoms with Gasteiger partial charge >= 0.3 is 0 Å². The van der Waals surface area contributed by atoms with E-state index in [-0.39, 0.29) is 42.5 Å². The van der Waals surface area contributed by atoms with Crippen LogP contribution in [-0.4, -0.2) is 78.8 Å². The number of likely N-dealkylation sites (N-methyl/N-ethyl adjacent to an activating group) is 1. The summed E-state index contributed by atoms with van der Waals surface area (Å²) in [5.41, 5.74) is 0.276. The highest BCUT2D eigenvalue weighted by molar-refractivity contribution is 9.10. The number of hydrogen-bond acceptors (Lipinski definition) is 6. The lowest BCUT2D eigenvalue weighted by atomic mass is 10.0. The number of aliphatic hydroxyl groups is 1. The number of sulfonamides is 1. The fourth-order valence-electron chi connectivity index (χ4n) is 2.68. The molecule has 146 valence electrons. The predicted molar refractivity (Wildman–Crippen MR) is 101 cm³/mol. The third-order valence-electron chi connectivity index (χ3n) is 4.49. The summed E-state index contributed by atoms with van der Waals surface area (Å²) in [6.07, 6.45) is 2.16. The zero-order valence-corrected chi connectivity index (χ0v) is 17.6. The second kappa shape index (κ2) is 8.20. The number of ether oxygens (including phenoxy) is 1. The lowest BCUT2D eigenvalue weighted by Crippen LogP contribution is -2.50. The van der Waals surface area contributed by atoms with Gasteiger partial charge in [0.2, 0.25) is 15.9 Å². The standard InChI is InChI=1S/C16H24BrN3O5S/c1-10-7-20(11(2)9-21)16(22)13-5-12(17)6-18-15(13)25-14(10)8-19(3)26(4,23)24/h5-6,10-11,14,21H,7-9H2,1-4H3/t10-,11+,14-/m1/s1. The quantitative estimate of drug-likeness (QED) is 0.718. The lowest BCUT2D eigenvalue weighted by molar-refractivity contribution is 0.0373. The summed E-state index contributed by atoms with van der Waals surface area (Å²) >= 11 is 3.30. The molecule has 0 unspecified atom stereocenters. The topological polar surface area (TPSA) is 100 Å². The molecule has 1 aromatic heterocycles. The van der Waals surface area contributed by atoms with Crippen molar-refractivity contribution in [2.75, 3.05) is 33.0 Å². The summed E-state index contributed by atoms with van der Waals surface area (Å²) in [5.74, 6) is -0.292. The van der Waals surface area contributed by atoms with E-state index < -0.39 is 16.1 Å². The van der Waals surface area contributed by atoms with Gasteiger partial charge in [-0.05, 0) is 28.9 Å². The highest BCUT2D eigenvalue weighted by atomic mass is 79.9. The Morgan fingerprint density at radius 2 is 2.19 bits per heavy atom. The largest absolute Gasteiger partial charge is 0.472 e. The van der Waals surface area contributed by atoms with Gasteiger partial charge in [-0.25, -0.2) is 17.7 Å². The van der Waals surface area contributed by atoms with Crippen molar-refractivity contribution in [2.24, 2.45) is 5.92 Å². The number of carbonyl (C=O) groups is 1. The van der Waals surface area contributed by atoms with Gasteiger partial charge in [-0.1, -0.05) is 6.92 Å². The number of pyridine rings is 1. The Morgan fingerprint density at radius 3 is 2.77 bits per heavy atom. The average Bonchev–Trinajstić information content (AvgIpc) is 2.57. The van der Waals surface area contributed by atoms with Crippen molar-refractivity contribution in [1.82, 2.24) is 14.2 Å². The number of nitrogens with zero attached hydrogens (tertiary/aromatic N) is 3. The van der Waals surface area contributed by atoms with E-state index >= 15 is 0 Å². The van der Waals surface area contributed by atoms with Gasteiger partial charge < -0.3 is 14.7 Å². The zero-order valence-electron chi connectivity index (χ0n) is 15.2. The van der Waals surface area contributed by atoms with Crippen LogP contribution in [0.1, 0.15) is 24.2 Å². The van der Waals surface area contributed by atoms with Crippen molar-refractivity contribution in [3.8, 4) is 5.88 Å². The minimum absolute atomic E-state index is 0.132. The average molecular weight is 450 g/mol. The highest BCUT2D eigenvalue weighted by Gasteiger charge is 2.34. The van der Waals surface area contributed by atoms with E-state index in [0.29, 0.717) is 11.0 Å². The van der Waals surface area contributed by atoms with Crippen LogP contribution in [0, 0.1) is 5.92 Å². The molecular weight excluding hydrogens is 426 g/mol. The van der Waals surface area contributed by atoms with Crippen LogP contribution in [0.2, 0.25) is 0 Å². The van der Waals surface area contributed by atoms with E-state index in [2.05, 4.69) is 20.9 Å². The van der Waals surface area contributed by atoms with Crippen LogP contribution < -0.4 is 4.74 Å². The van der Waals surface area contributed by atoms with Gasteiger partial charge in [-0.2, -0.15) is 0 Å². The molecule has 2 rings (SSSR count). The van der Waals surface area contributed by atoms with Gasteiger partial charge in [-0.3, -0.25) is 4.79 Å². The Bertz CT molecular complexity index is 773. The van der Waals surface area contributed by atoms with Gasteiger partial charge in [0, 0.05) is 30.2 Å². The Kier molecular flexibility index (Phi) is 6.65. The van der Waals surface area contributed by atoms with Crippen molar-refractivity contribution in [1.29, 1.82) is 0 Å². The first kappa shape index (κ1) is 21.1. The Labute approximate surface area is 162 Å². The summed E-state index contributed by atoms with van der Waals surface area (Å²) in [6.45, 7) is 3.93. The molecule has 0 fully saturated rings. The number of fused-ring (bicyclic) bond motifs is 1. The second-order valence-corrected chi connectivity index (χ2v) is 9.68. The molecule has 2 heterocycles. The predicted octanol–water partition coefficient (Wildman–Crippen LogP) is 0.956. The molecule has 1 N–H and O–H groups in total. The summed E-state index contributed by atoms with van der Waals surface area (Å²) < 4.78 is 31.4. The normalized spacial score (nSPS) is 22.4. The fourth-order valence-corrected chi connectivity index (χ4v) is 3.43. The number of amides is 1. The summed E-state index contributed by atoms with van der Waals surface area (Å²) in [6, 6.07) is 1.23. The van der Waals surface area contributed by atoms with E-state index in [1.54, 1.807) is 17.9 Å². The smallest absolute Gasteiger partial charge is 0.259 e. The van der Waals surface area contributed by atoms with Crippen LogP contribution in [0.3, 0.4) is 0 Å². The second-order valence-electron chi connectivity index (χ2n) is 6.67. The van der Waals surface area contributed by atoms with Crippen LogP contribution in [-0.2, 0) is 10.0 Å². The van der Waals surface area contributed by atoms with Crippen LogP contribution in [0.4, 0.5) is 0 Å². The molecule has 3 atom stereocenters. The molecule has 0 aromatic carbocycles. The zero-order chi connectivity index (χ0) is 19.6. The molecule has 1 aromatic rings. The molecule has 0 aliphatic carbocycles. The van der Waals surface area contributed by atoms with Crippen molar-refractivity contribution in [3.63, 3.8) is 0 Å². The molecule has 1 aliphatic heterocycles. The van der Waals surface area contributed by atoms with E-state index in [1.165, 1.54) is 17.5 Å². The number of halogens is 1. The van der Waals surface area contributed by atoms with Crippen LogP contribution in [0.5, 0.6) is 5.88 Å². The van der Waals surface area contributed by atoms with Crippen molar-refractivity contribution in [2.45, 2.75) is 26.0 Å². The summed E-state index contributed by atoms with van der Waals surface area (Å²) in [4.78, 5) is 18.7.